The summed E-state index contributed by atoms with van der Waals surface area (Å²) in [7, 11) is 3.56. The van der Waals surface area contributed by atoms with Crippen LogP contribution in [0.1, 0.15) is 39.7 Å². The summed E-state index contributed by atoms with van der Waals surface area (Å²) in [4.78, 5) is 6.85. The van der Waals surface area contributed by atoms with Gasteiger partial charge in [-0.05, 0) is 30.0 Å². The molecule has 1 unspecified atom stereocenters. The fraction of sp³-hybridized carbons (Fsp3) is 0.708. The fourth-order valence-corrected chi connectivity index (χ4v) is 3.55. The average Bonchev–Trinajstić information content (AvgIpc) is 3.19. The number of halogens is 1. The van der Waals surface area contributed by atoms with Gasteiger partial charge in [0.05, 0.1) is 26.4 Å². The Kier molecular flexibility index (Phi) is 12.8. The van der Waals surface area contributed by atoms with E-state index < -0.39 is 0 Å². The first-order chi connectivity index (χ1) is 14.4. The Morgan fingerprint density at radius 3 is 2.55 bits per heavy atom. The number of aliphatic imine (C=N–C) groups is 1. The summed E-state index contributed by atoms with van der Waals surface area (Å²) >= 11 is 0. The number of rotatable bonds is 11. The van der Waals surface area contributed by atoms with Gasteiger partial charge in [-0.2, -0.15) is 0 Å². The Hall–Kier alpha value is -1.06. The predicted octanol–water partition coefficient (Wildman–Crippen LogP) is 4.18. The summed E-state index contributed by atoms with van der Waals surface area (Å²) in [5, 5.41) is 3.59. The normalized spacial score (nSPS) is 17.1. The van der Waals surface area contributed by atoms with Crippen LogP contribution in [0.3, 0.4) is 0 Å². The number of hydrogen-bond acceptors (Lipinski definition) is 4. The number of hydrogen-bond donors (Lipinski definition) is 1. The van der Waals surface area contributed by atoms with Gasteiger partial charge in [-0.15, -0.1) is 24.0 Å². The van der Waals surface area contributed by atoms with Gasteiger partial charge < -0.3 is 24.4 Å². The van der Waals surface area contributed by atoms with Crippen molar-refractivity contribution in [2.45, 2.75) is 39.5 Å². The second-order valence-corrected chi connectivity index (χ2v) is 9.18. The van der Waals surface area contributed by atoms with Crippen LogP contribution in [0.15, 0.2) is 29.3 Å². The Balaban J connectivity index is 0.00000480. The SMILES string of the molecule is CN=C(NCC(C)(C)c1ccc(OCC(C)C)cc1)N1CCC(COCCOC)C1.I. The molecule has 178 valence electrons. The van der Waals surface area contributed by atoms with E-state index in [1.165, 1.54) is 5.56 Å². The Morgan fingerprint density at radius 1 is 1.23 bits per heavy atom. The summed E-state index contributed by atoms with van der Waals surface area (Å²) in [6, 6.07) is 8.48. The highest BCUT2D eigenvalue weighted by atomic mass is 127. The minimum atomic E-state index is -0.0189. The van der Waals surface area contributed by atoms with Gasteiger partial charge in [0.25, 0.3) is 0 Å². The molecule has 0 bridgehead atoms. The quantitative estimate of drug-likeness (QED) is 0.195. The van der Waals surface area contributed by atoms with Gasteiger partial charge in [-0.25, -0.2) is 0 Å². The van der Waals surface area contributed by atoms with Crippen molar-refractivity contribution >= 4 is 29.9 Å². The number of likely N-dealkylation sites (tertiary alicyclic amines) is 1. The maximum absolute atomic E-state index is 5.81. The molecule has 0 spiro atoms. The van der Waals surface area contributed by atoms with E-state index in [1.807, 2.05) is 7.05 Å². The summed E-state index contributed by atoms with van der Waals surface area (Å²) in [6.45, 7) is 14.5. The largest absolute Gasteiger partial charge is 0.493 e. The molecule has 7 heteroatoms. The highest BCUT2D eigenvalue weighted by molar-refractivity contribution is 14.0. The van der Waals surface area contributed by atoms with Crippen molar-refractivity contribution < 1.29 is 14.2 Å². The first-order valence-corrected chi connectivity index (χ1v) is 11.1. The first-order valence-electron chi connectivity index (χ1n) is 11.1. The van der Waals surface area contributed by atoms with Crippen LogP contribution in [-0.4, -0.2) is 71.1 Å². The van der Waals surface area contributed by atoms with Crippen molar-refractivity contribution in [2.75, 3.05) is 60.2 Å². The molecule has 1 aliphatic heterocycles. The van der Waals surface area contributed by atoms with Crippen molar-refractivity contribution in [3.63, 3.8) is 0 Å². The topological polar surface area (TPSA) is 55.3 Å². The maximum Gasteiger partial charge on any atom is 0.193 e. The van der Waals surface area contributed by atoms with E-state index in [0.29, 0.717) is 25.0 Å². The van der Waals surface area contributed by atoms with E-state index in [9.17, 15) is 0 Å². The lowest BCUT2D eigenvalue weighted by atomic mass is 9.84. The standard InChI is InChI=1S/C24H41N3O3.HI/c1-19(2)16-30-22-9-7-21(8-10-22)24(3,4)18-26-23(25-5)27-12-11-20(15-27)17-29-14-13-28-6;/h7-10,19-20H,11-18H2,1-6H3,(H,25,26);1H. The molecule has 1 heterocycles. The summed E-state index contributed by atoms with van der Waals surface area (Å²) in [6.07, 6.45) is 1.13. The third kappa shape index (κ3) is 9.53. The van der Waals surface area contributed by atoms with Crippen molar-refractivity contribution in [3.05, 3.63) is 29.8 Å². The molecule has 1 atom stereocenters. The van der Waals surface area contributed by atoms with Gasteiger partial charge in [0.2, 0.25) is 0 Å². The molecule has 0 amide bonds. The van der Waals surface area contributed by atoms with Gasteiger partial charge in [-0.3, -0.25) is 4.99 Å². The van der Waals surface area contributed by atoms with Crippen molar-refractivity contribution in [2.24, 2.45) is 16.8 Å². The summed E-state index contributed by atoms with van der Waals surface area (Å²) in [5.41, 5.74) is 1.27. The lowest BCUT2D eigenvalue weighted by Crippen LogP contribution is -2.45. The van der Waals surface area contributed by atoms with Gasteiger partial charge in [0, 0.05) is 45.1 Å². The first kappa shape index (κ1) is 28.0. The van der Waals surface area contributed by atoms with Crippen LogP contribution in [-0.2, 0) is 14.9 Å². The van der Waals surface area contributed by atoms with Crippen molar-refractivity contribution in [3.8, 4) is 5.75 Å². The number of ether oxygens (including phenoxy) is 3. The second kappa shape index (κ2) is 14.2. The minimum absolute atomic E-state index is 0. The molecule has 1 fully saturated rings. The van der Waals surface area contributed by atoms with Gasteiger partial charge >= 0.3 is 0 Å². The van der Waals surface area contributed by atoms with Gasteiger partial charge in [0.1, 0.15) is 5.75 Å². The lowest BCUT2D eigenvalue weighted by molar-refractivity contribution is 0.0536. The van der Waals surface area contributed by atoms with Crippen LogP contribution in [0.25, 0.3) is 0 Å². The van der Waals surface area contributed by atoms with Crippen LogP contribution in [0.5, 0.6) is 5.75 Å². The Morgan fingerprint density at radius 2 is 1.94 bits per heavy atom. The van der Waals surface area contributed by atoms with Gasteiger partial charge in [0.15, 0.2) is 5.96 Å². The molecule has 1 N–H and O–H groups in total. The smallest absolute Gasteiger partial charge is 0.193 e. The molecular formula is C24H42IN3O3. The number of methoxy groups -OCH3 is 1. The Bertz CT molecular complexity index is 650. The molecule has 31 heavy (non-hydrogen) atoms. The molecule has 1 aliphatic rings. The molecule has 1 aromatic rings. The zero-order chi connectivity index (χ0) is 22.0. The van der Waals surface area contributed by atoms with Crippen LogP contribution in [0, 0.1) is 11.8 Å². The molecule has 0 radical (unpaired) electrons. The van der Waals surface area contributed by atoms with Crippen molar-refractivity contribution in [1.29, 1.82) is 0 Å². The molecule has 0 saturated carbocycles. The van der Waals surface area contributed by atoms with E-state index in [4.69, 9.17) is 14.2 Å². The van der Waals surface area contributed by atoms with E-state index in [2.05, 4.69) is 67.2 Å². The minimum Gasteiger partial charge on any atom is -0.493 e. The number of nitrogens with one attached hydrogen (secondary N) is 1. The average molecular weight is 548 g/mol. The summed E-state index contributed by atoms with van der Waals surface area (Å²) in [5.74, 6) is 2.98. The zero-order valence-corrected chi connectivity index (χ0v) is 22.5. The maximum atomic E-state index is 5.81. The highest BCUT2D eigenvalue weighted by Crippen LogP contribution is 2.25. The third-order valence-corrected chi connectivity index (χ3v) is 5.49. The number of nitrogens with zero attached hydrogens (tertiary/aromatic N) is 2. The second-order valence-electron chi connectivity index (χ2n) is 9.18. The fourth-order valence-electron chi connectivity index (χ4n) is 3.55. The van der Waals surface area contributed by atoms with Crippen LogP contribution in [0.2, 0.25) is 0 Å². The van der Waals surface area contributed by atoms with E-state index in [1.54, 1.807) is 7.11 Å². The molecule has 0 aromatic heterocycles. The van der Waals surface area contributed by atoms with Crippen LogP contribution >= 0.6 is 24.0 Å². The molecule has 1 saturated heterocycles. The molecule has 0 aliphatic carbocycles. The zero-order valence-electron chi connectivity index (χ0n) is 20.1. The van der Waals surface area contributed by atoms with E-state index >= 15 is 0 Å². The molecule has 6 nitrogen and oxygen atoms in total. The van der Waals surface area contributed by atoms with Crippen LogP contribution < -0.4 is 10.1 Å². The summed E-state index contributed by atoms with van der Waals surface area (Å²) < 4.78 is 16.6. The molecule has 2 rings (SSSR count). The number of guanidine groups is 1. The van der Waals surface area contributed by atoms with Crippen molar-refractivity contribution in [1.82, 2.24) is 10.2 Å². The highest BCUT2D eigenvalue weighted by Gasteiger charge is 2.27. The van der Waals surface area contributed by atoms with Crippen LogP contribution in [0.4, 0.5) is 0 Å². The van der Waals surface area contributed by atoms with E-state index in [-0.39, 0.29) is 29.4 Å². The molecular weight excluding hydrogens is 505 g/mol. The van der Waals surface area contributed by atoms with E-state index in [0.717, 1.165) is 51.0 Å². The van der Waals surface area contributed by atoms with Gasteiger partial charge in [-0.1, -0.05) is 39.8 Å². The molecule has 1 aromatic carbocycles. The third-order valence-electron chi connectivity index (χ3n) is 5.49. The Labute approximate surface area is 206 Å². The predicted molar refractivity (Wildman–Crippen MR) is 139 cm³/mol. The monoisotopic (exact) mass is 547 g/mol. The lowest BCUT2D eigenvalue weighted by Gasteiger charge is -2.29. The number of benzene rings is 1.